The maximum absolute atomic E-state index is 15.3. The number of rotatable bonds is 24. The van der Waals surface area contributed by atoms with Gasteiger partial charge in [-0.05, 0) is 364 Å². The van der Waals surface area contributed by atoms with Gasteiger partial charge in [0.05, 0.1) is 10.8 Å². The normalized spacial score (nSPS) is 14.1. The van der Waals surface area contributed by atoms with Crippen molar-refractivity contribution in [1.82, 2.24) is 0 Å². The first-order valence-electron chi connectivity index (χ1n) is 50.5. The van der Waals surface area contributed by atoms with Crippen LogP contribution in [0.25, 0.3) is 78.6 Å². The van der Waals surface area contributed by atoms with Crippen LogP contribution >= 0.6 is 0 Å². The molecule has 0 bridgehead atoms. The van der Waals surface area contributed by atoms with Gasteiger partial charge in [0.2, 0.25) is 0 Å². The van der Waals surface area contributed by atoms with Gasteiger partial charge >= 0.3 is 0 Å². The van der Waals surface area contributed by atoms with Crippen LogP contribution in [0, 0.1) is 17.5 Å². The topological polar surface area (TPSA) is 44.6 Å². The highest BCUT2D eigenvalue weighted by Gasteiger charge is 2.49. The molecular formula is C138H109F3N4O3. The van der Waals surface area contributed by atoms with Gasteiger partial charge in [-0.25, -0.2) is 13.2 Å². The smallest absolute Gasteiger partial charge is 0.137 e. The van der Waals surface area contributed by atoms with E-state index < -0.39 is 10.8 Å². The fraction of sp³-hybridized carbons (Fsp3) is 0.101. The fourth-order valence-electron chi connectivity index (χ4n) is 21.9. The molecule has 1 aromatic heterocycles. The van der Waals surface area contributed by atoms with Crippen LogP contribution in [0.3, 0.4) is 0 Å². The van der Waals surface area contributed by atoms with Crippen LogP contribution in [0.1, 0.15) is 135 Å². The number of halogens is 3. The lowest BCUT2D eigenvalue weighted by Gasteiger charge is -2.35. The molecule has 0 radical (unpaired) electrons. The third kappa shape index (κ3) is 17.3. The van der Waals surface area contributed by atoms with E-state index >= 15 is 13.2 Å². The van der Waals surface area contributed by atoms with Gasteiger partial charge in [-0.3, -0.25) is 0 Å². The molecule has 2 unspecified atom stereocenters. The molecule has 10 heteroatoms. The Morgan fingerprint density at radius 3 is 0.730 bits per heavy atom. The second-order valence-electron chi connectivity index (χ2n) is 41.7. The van der Waals surface area contributed by atoms with Crippen LogP contribution in [0.4, 0.5) is 81.4 Å². The van der Waals surface area contributed by atoms with Crippen molar-refractivity contribution in [3.8, 4) is 67.5 Å². The molecular weight excluding hydrogens is 1820 g/mol. The van der Waals surface area contributed by atoms with Crippen molar-refractivity contribution >= 4 is 102 Å². The van der Waals surface area contributed by atoms with Gasteiger partial charge in [-0.15, -0.1) is 0 Å². The second-order valence-corrected chi connectivity index (χ2v) is 41.7. The van der Waals surface area contributed by atoms with E-state index in [0.29, 0.717) is 17.2 Å². The van der Waals surface area contributed by atoms with Crippen molar-refractivity contribution in [2.45, 2.75) is 89.4 Å². The third-order valence-electron chi connectivity index (χ3n) is 29.6. The Labute approximate surface area is 864 Å². The lowest BCUT2D eigenvalue weighted by molar-refractivity contribution is 0.482. The highest BCUT2D eigenvalue weighted by molar-refractivity contribution is 6.08. The van der Waals surface area contributed by atoms with E-state index in [0.717, 1.165) is 196 Å². The summed E-state index contributed by atoms with van der Waals surface area (Å²) < 4.78 is 65.8. The minimum atomic E-state index is -0.899. The molecule has 148 heavy (non-hydrogen) atoms. The van der Waals surface area contributed by atoms with E-state index in [1.807, 2.05) is 115 Å². The van der Waals surface area contributed by atoms with Crippen molar-refractivity contribution in [1.29, 1.82) is 0 Å². The number of hydrogen-bond acceptors (Lipinski definition) is 7. The van der Waals surface area contributed by atoms with Crippen molar-refractivity contribution in [3.63, 3.8) is 0 Å². The first-order chi connectivity index (χ1) is 71.8. The molecule has 0 saturated heterocycles. The number of ether oxygens (including phenoxy) is 2. The number of fused-ring (bicyclic) bond motifs is 9. The van der Waals surface area contributed by atoms with Crippen molar-refractivity contribution in [2.75, 3.05) is 19.6 Å². The third-order valence-corrected chi connectivity index (χ3v) is 29.6. The van der Waals surface area contributed by atoms with Crippen LogP contribution < -0.4 is 29.1 Å². The fourth-order valence-corrected chi connectivity index (χ4v) is 21.9. The number of benzene rings is 20. The summed E-state index contributed by atoms with van der Waals surface area (Å²) in [4.78, 5) is 9.15. The molecule has 0 aliphatic heterocycles. The summed E-state index contributed by atoms with van der Waals surface area (Å²) in [5, 5.41) is 2.00. The number of furan rings is 1. The molecule has 0 N–H and O–H groups in total. The first kappa shape index (κ1) is 93.9. The zero-order valence-corrected chi connectivity index (χ0v) is 84.1. The summed E-state index contributed by atoms with van der Waals surface area (Å²) in [5.41, 5.74) is 33.1. The van der Waals surface area contributed by atoms with Gasteiger partial charge in [0, 0.05) is 91.2 Å². The molecule has 2 aliphatic rings. The van der Waals surface area contributed by atoms with Crippen molar-refractivity contribution in [2.24, 2.45) is 0 Å². The zero-order valence-electron chi connectivity index (χ0n) is 84.1. The first-order valence-corrected chi connectivity index (χ1v) is 50.5. The van der Waals surface area contributed by atoms with E-state index in [9.17, 15) is 0 Å². The molecule has 1 heterocycles. The molecule has 0 amide bonds. The second kappa shape index (κ2) is 37.8. The van der Waals surface area contributed by atoms with E-state index in [1.54, 1.807) is 30.3 Å². The number of nitrogens with zero attached hydrogens (tertiary/aromatic N) is 4. The Balaban J connectivity index is 0.556. The van der Waals surface area contributed by atoms with Crippen LogP contribution in [0.5, 0.6) is 23.0 Å². The molecule has 2 aliphatic carbocycles. The molecule has 21 aromatic rings. The lowest BCUT2D eigenvalue weighted by Crippen LogP contribution is -2.29. The lowest BCUT2D eigenvalue weighted by atomic mass is 9.67. The Bertz CT molecular complexity index is 8550. The summed E-state index contributed by atoms with van der Waals surface area (Å²) in [5.74, 6) is 1.83. The van der Waals surface area contributed by atoms with Crippen LogP contribution in [-0.2, 0) is 27.1 Å². The predicted octanol–water partition coefficient (Wildman–Crippen LogP) is 38.7. The van der Waals surface area contributed by atoms with Crippen molar-refractivity contribution < 1.29 is 27.1 Å². The molecule has 20 aromatic carbocycles. The van der Waals surface area contributed by atoms with Gasteiger partial charge in [0.25, 0.3) is 0 Å². The predicted molar refractivity (Wildman–Crippen MR) is 607 cm³/mol. The summed E-state index contributed by atoms with van der Waals surface area (Å²) >= 11 is 0. The van der Waals surface area contributed by atoms with E-state index in [1.165, 1.54) is 28.8 Å². The molecule has 7 nitrogen and oxygen atoms in total. The highest BCUT2D eigenvalue weighted by Crippen LogP contribution is 2.61. The largest absolute Gasteiger partial charge is 0.457 e. The van der Waals surface area contributed by atoms with Crippen LogP contribution in [-0.4, -0.2) is 0 Å². The minimum Gasteiger partial charge on any atom is -0.457 e. The van der Waals surface area contributed by atoms with Crippen LogP contribution in [0.2, 0.25) is 0 Å². The summed E-state index contributed by atoms with van der Waals surface area (Å²) in [7, 11) is 0. The van der Waals surface area contributed by atoms with E-state index in [2.05, 4.69) is 411 Å². The van der Waals surface area contributed by atoms with Gasteiger partial charge < -0.3 is 33.5 Å². The highest BCUT2D eigenvalue weighted by atomic mass is 19.1. The molecule has 0 saturated carbocycles. The molecule has 0 spiro atoms. The zero-order chi connectivity index (χ0) is 101. The summed E-state index contributed by atoms with van der Waals surface area (Å²) in [6.07, 6.45) is 3.63. The Hall–Kier alpha value is -17.7. The number of anilines is 12. The minimum absolute atomic E-state index is 0.0686. The average molecular weight is 1930 g/mol. The SMILES string of the molecule is C=Cc1ccc(Oc2ccc(C3(c4ccc(F)cc4)c4ccccc4-c4ccc(N(c5ccc(F)cc5)c5ccc(-c6ccc(N(c7ccc(C(C)(C)C)cc7)c7ccc8c(c7)oc7cc(N(c9ccc(-c%10ccc(N(c%11ccc(C(C)(C)C)cc%11)c%11ccc%12c(c%11)C(c%11ccc(F)cc%11)(c%11ccc(Oc%13ccc(C=C)cc%13)cc%11)c%11ccccc%11-%12)cc%10)cc9)c9ccc(C(C)(C)C)cc9)ccc78)cc6)cc5)cc43)cc2)cc1. The van der Waals surface area contributed by atoms with E-state index in [4.69, 9.17) is 13.9 Å². The average Bonchev–Trinajstić information content (AvgIpc) is 1.55. The van der Waals surface area contributed by atoms with Gasteiger partial charge in [-0.2, -0.15) is 0 Å². The Kier molecular flexibility index (Phi) is 24.0. The van der Waals surface area contributed by atoms with Gasteiger partial charge in [-0.1, -0.05) is 306 Å². The summed E-state index contributed by atoms with van der Waals surface area (Å²) in [6.45, 7) is 28.1. The maximum atomic E-state index is 15.3. The Morgan fingerprint density at radius 2 is 0.453 bits per heavy atom. The van der Waals surface area contributed by atoms with Crippen molar-refractivity contribution in [3.05, 3.63) is 564 Å². The van der Waals surface area contributed by atoms with E-state index in [-0.39, 0.29) is 33.7 Å². The molecule has 23 rings (SSSR count). The summed E-state index contributed by atoms with van der Waals surface area (Å²) in [6, 6.07) is 158. The van der Waals surface area contributed by atoms with Gasteiger partial charge in [0.15, 0.2) is 0 Å². The standard InChI is InChI=1S/C138H109F3N4O3/c1-12-90-22-74-118(75-23-90)146-120-78-44-101(45-79-120)137(99-34-48-103(139)49-35-99)128-20-16-14-18-122(128)124-82-70-114(86-130(124)137)142(110-62-38-96(39-63-110)134(3,4)5)106-54-26-92(27-55-106)94-30-58-108(59-31-94)144(111-64-40-97(41-65-111)135(6,7)8)116-72-84-126-127-85-73-117(89-133(127)148-132(126)88-116)145(112-66-42-98(43-67-112)136(9,10)11)109-60-32-95(33-61-109)93-28-56-107(57-29-93)143(113-68-52-105(141)53-69-113)115-71-83-125-123-19-15-17-21-129(123)138(131(125)87-115,100-36-50-104(140)51-37-100)102-46-80-121(81-47-102)147-119-76-24-91(13-2)25-77-119/h12-89H,1-2H2,3-11H3. The van der Waals surface area contributed by atoms with Gasteiger partial charge in [0.1, 0.15) is 51.6 Å². The Morgan fingerprint density at radius 1 is 0.230 bits per heavy atom. The molecule has 720 valence electrons. The van der Waals surface area contributed by atoms with Crippen LogP contribution in [0.15, 0.2) is 479 Å². The maximum Gasteiger partial charge on any atom is 0.137 e. The monoisotopic (exact) mass is 1930 g/mol. The number of hydrogen-bond donors (Lipinski definition) is 0. The quantitative estimate of drug-likeness (QED) is 0.0597. The molecule has 0 fully saturated rings. The molecule has 2 atom stereocenters.